The van der Waals surface area contributed by atoms with Crippen LogP contribution in [0.2, 0.25) is 0 Å². The molecule has 0 unspecified atom stereocenters. The number of fused-ring (bicyclic) bond motifs is 1. The van der Waals surface area contributed by atoms with Gasteiger partial charge in [-0.05, 0) is 31.9 Å². The van der Waals surface area contributed by atoms with E-state index in [0.717, 1.165) is 36.0 Å². The number of hydrogen-bond acceptors (Lipinski definition) is 7. The van der Waals surface area contributed by atoms with Crippen molar-refractivity contribution in [3.63, 3.8) is 0 Å². The van der Waals surface area contributed by atoms with Gasteiger partial charge in [-0.25, -0.2) is 4.98 Å². The summed E-state index contributed by atoms with van der Waals surface area (Å²) >= 11 is 0. The van der Waals surface area contributed by atoms with Crippen LogP contribution in [0.1, 0.15) is 44.7 Å². The van der Waals surface area contributed by atoms with Crippen LogP contribution in [-0.2, 0) is 12.1 Å². The first-order chi connectivity index (χ1) is 13.3. The summed E-state index contributed by atoms with van der Waals surface area (Å²) in [6.07, 6.45) is 3.81. The van der Waals surface area contributed by atoms with Crippen LogP contribution in [0, 0.1) is 0 Å². The Hall–Kier alpha value is -2.87. The van der Waals surface area contributed by atoms with Crippen LogP contribution < -0.4 is 15.8 Å². The van der Waals surface area contributed by atoms with Crippen LogP contribution in [0.3, 0.4) is 0 Å². The number of nitrogens with two attached hydrogens (primary N) is 1. The molecule has 0 saturated carbocycles. The Morgan fingerprint density at radius 3 is 2.75 bits per heavy atom. The molecule has 0 amide bonds. The third kappa shape index (κ3) is 4.17. The number of hydrogen-bond donors (Lipinski definition) is 3. The lowest BCUT2D eigenvalue weighted by Gasteiger charge is -2.20. The fourth-order valence-electron chi connectivity index (χ4n) is 3.06. The largest absolute Gasteiger partial charge is 0.496 e. The SMILES string of the molecule is CCCCNc1nc(N)nc2cnn(Cc3ccc(C(C)(C)O)cc3OC)c12. The van der Waals surface area contributed by atoms with Gasteiger partial charge in [-0.2, -0.15) is 10.1 Å². The highest BCUT2D eigenvalue weighted by atomic mass is 16.5. The van der Waals surface area contributed by atoms with Crippen LogP contribution in [0.4, 0.5) is 11.8 Å². The van der Waals surface area contributed by atoms with Crippen molar-refractivity contribution in [1.82, 2.24) is 19.7 Å². The molecule has 8 heteroatoms. The van der Waals surface area contributed by atoms with Gasteiger partial charge in [-0.3, -0.25) is 4.68 Å². The van der Waals surface area contributed by atoms with Crippen molar-refractivity contribution in [2.24, 2.45) is 0 Å². The molecule has 3 rings (SSSR count). The lowest BCUT2D eigenvalue weighted by Crippen LogP contribution is -2.16. The number of methoxy groups -OCH3 is 1. The van der Waals surface area contributed by atoms with Gasteiger partial charge in [0.2, 0.25) is 5.95 Å². The number of aromatic nitrogens is 4. The minimum atomic E-state index is -0.939. The summed E-state index contributed by atoms with van der Waals surface area (Å²) in [5, 5.41) is 18.1. The molecule has 0 aliphatic heterocycles. The summed E-state index contributed by atoms with van der Waals surface area (Å²) in [5.41, 5.74) is 8.14. The Labute approximate surface area is 164 Å². The molecule has 4 N–H and O–H groups in total. The molecule has 0 spiro atoms. The van der Waals surface area contributed by atoms with E-state index in [0.29, 0.717) is 23.6 Å². The quantitative estimate of drug-likeness (QED) is 0.512. The van der Waals surface area contributed by atoms with Gasteiger partial charge in [0.15, 0.2) is 5.82 Å². The van der Waals surface area contributed by atoms with Crippen molar-refractivity contribution < 1.29 is 9.84 Å². The van der Waals surface area contributed by atoms with Crippen LogP contribution >= 0.6 is 0 Å². The van der Waals surface area contributed by atoms with Gasteiger partial charge in [0, 0.05) is 12.1 Å². The molecule has 1 aromatic carbocycles. The molecule has 150 valence electrons. The van der Waals surface area contributed by atoms with Gasteiger partial charge < -0.3 is 20.9 Å². The van der Waals surface area contributed by atoms with Gasteiger partial charge in [-0.15, -0.1) is 0 Å². The molecule has 2 aromatic heterocycles. The van der Waals surface area contributed by atoms with E-state index < -0.39 is 5.60 Å². The molecular weight excluding hydrogens is 356 g/mol. The van der Waals surface area contributed by atoms with Crippen molar-refractivity contribution >= 4 is 22.8 Å². The third-order valence-corrected chi connectivity index (χ3v) is 4.64. The van der Waals surface area contributed by atoms with Crippen molar-refractivity contribution in [2.45, 2.75) is 45.8 Å². The standard InChI is InChI=1S/C20H28N6O2/c1-5-6-9-22-18-17-15(24-19(21)25-18)11-23-26(17)12-13-7-8-14(20(2,3)27)10-16(13)28-4/h7-8,10-11,27H,5-6,9,12H2,1-4H3,(H3,21,22,24,25). The number of anilines is 2. The monoisotopic (exact) mass is 384 g/mol. The Kier molecular flexibility index (Phi) is 5.69. The lowest BCUT2D eigenvalue weighted by atomic mass is 9.96. The van der Waals surface area contributed by atoms with Crippen molar-refractivity contribution in [3.8, 4) is 5.75 Å². The van der Waals surface area contributed by atoms with Gasteiger partial charge in [0.1, 0.15) is 16.8 Å². The second kappa shape index (κ2) is 8.02. The van der Waals surface area contributed by atoms with E-state index >= 15 is 0 Å². The molecule has 0 aliphatic rings. The topological polar surface area (TPSA) is 111 Å². The van der Waals surface area contributed by atoms with Crippen molar-refractivity contribution in [2.75, 3.05) is 24.7 Å². The predicted octanol–water partition coefficient (Wildman–Crippen LogP) is 2.90. The summed E-state index contributed by atoms with van der Waals surface area (Å²) in [7, 11) is 1.62. The number of nitrogens with one attached hydrogen (secondary N) is 1. The minimum Gasteiger partial charge on any atom is -0.496 e. The average molecular weight is 384 g/mol. The Bertz CT molecular complexity index is 961. The number of nitrogens with zero attached hydrogens (tertiary/aromatic N) is 4. The average Bonchev–Trinajstić information content (AvgIpc) is 3.03. The smallest absolute Gasteiger partial charge is 0.222 e. The first kappa shape index (κ1) is 19.9. The molecule has 0 bridgehead atoms. The van der Waals surface area contributed by atoms with E-state index in [1.807, 2.05) is 22.9 Å². The fourth-order valence-corrected chi connectivity index (χ4v) is 3.06. The Morgan fingerprint density at radius 1 is 1.29 bits per heavy atom. The van der Waals surface area contributed by atoms with E-state index in [9.17, 15) is 5.11 Å². The van der Waals surface area contributed by atoms with E-state index in [1.54, 1.807) is 27.2 Å². The molecule has 2 heterocycles. The number of aliphatic hydroxyl groups is 1. The van der Waals surface area contributed by atoms with E-state index in [-0.39, 0.29) is 5.95 Å². The molecule has 8 nitrogen and oxygen atoms in total. The third-order valence-electron chi connectivity index (χ3n) is 4.64. The fraction of sp³-hybridized carbons (Fsp3) is 0.450. The summed E-state index contributed by atoms with van der Waals surface area (Å²) in [4.78, 5) is 8.66. The van der Waals surface area contributed by atoms with Crippen LogP contribution in [0.25, 0.3) is 11.0 Å². The van der Waals surface area contributed by atoms with Crippen LogP contribution in [0.5, 0.6) is 5.75 Å². The van der Waals surface area contributed by atoms with E-state index in [4.69, 9.17) is 10.5 Å². The number of benzene rings is 1. The Morgan fingerprint density at radius 2 is 2.07 bits per heavy atom. The number of rotatable bonds is 8. The van der Waals surface area contributed by atoms with E-state index in [2.05, 4.69) is 27.3 Å². The maximum absolute atomic E-state index is 10.3. The maximum Gasteiger partial charge on any atom is 0.222 e. The summed E-state index contributed by atoms with van der Waals surface area (Å²) in [5.74, 6) is 1.60. The summed E-state index contributed by atoms with van der Waals surface area (Å²) < 4.78 is 7.39. The zero-order valence-corrected chi connectivity index (χ0v) is 16.9. The molecule has 3 aromatic rings. The lowest BCUT2D eigenvalue weighted by molar-refractivity contribution is 0.0783. The molecule has 0 atom stereocenters. The highest BCUT2D eigenvalue weighted by molar-refractivity contribution is 5.86. The zero-order valence-electron chi connectivity index (χ0n) is 16.9. The van der Waals surface area contributed by atoms with Crippen LogP contribution in [-0.4, -0.2) is 38.5 Å². The predicted molar refractivity (Wildman–Crippen MR) is 110 cm³/mol. The van der Waals surface area contributed by atoms with Gasteiger partial charge >= 0.3 is 0 Å². The number of unbranched alkanes of at least 4 members (excludes halogenated alkanes) is 1. The van der Waals surface area contributed by atoms with E-state index in [1.165, 1.54) is 0 Å². The molecule has 0 saturated heterocycles. The second-order valence-electron chi connectivity index (χ2n) is 7.33. The molecular formula is C20H28N6O2. The zero-order chi connectivity index (χ0) is 20.3. The van der Waals surface area contributed by atoms with Gasteiger partial charge in [-0.1, -0.05) is 25.5 Å². The highest BCUT2D eigenvalue weighted by Crippen LogP contribution is 2.29. The Balaban J connectivity index is 1.98. The molecule has 28 heavy (non-hydrogen) atoms. The first-order valence-electron chi connectivity index (χ1n) is 9.46. The first-order valence-corrected chi connectivity index (χ1v) is 9.46. The highest BCUT2D eigenvalue weighted by Gasteiger charge is 2.19. The maximum atomic E-state index is 10.3. The molecule has 0 aliphatic carbocycles. The van der Waals surface area contributed by atoms with Crippen LogP contribution in [0.15, 0.2) is 24.4 Å². The normalized spacial score (nSPS) is 11.8. The second-order valence-corrected chi connectivity index (χ2v) is 7.33. The van der Waals surface area contributed by atoms with Crippen molar-refractivity contribution in [1.29, 1.82) is 0 Å². The molecule has 0 radical (unpaired) electrons. The van der Waals surface area contributed by atoms with Crippen molar-refractivity contribution in [3.05, 3.63) is 35.5 Å². The van der Waals surface area contributed by atoms with Gasteiger partial charge in [0.05, 0.1) is 25.5 Å². The molecule has 0 fully saturated rings. The minimum absolute atomic E-state index is 0.221. The number of ether oxygens (including phenoxy) is 1. The summed E-state index contributed by atoms with van der Waals surface area (Å²) in [6.45, 7) is 6.92. The number of nitrogen functional groups attached to an aromatic ring is 1. The van der Waals surface area contributed by atoms with Gasteiger partial charge in [0.25, 0.3) is 0 Å². The summed E-state index contributed by atoms with van der Waals surface area (Å²) in [6, 6.07) is 5.70.